The summed E-state index contributed by atoms with van der Waals surface area (Å²) in [5, 5.41) is 0.852. The normalized spacial score (nSPS) is 10.9. The molecule has 0 bridgehead atoms. The van der Waals surface area contributed by atoms with Gasteiger partial charge in [-0.15, -0.1) is 24.8 Å². The van der Waals surface area contributed by atoms with E-state index in [1.165, 1.54) is 12.1 Å². The Bertz CT molecular complexity index is 1290. The lowest BCUT2D eigenvalue weighted by Crippen LogP contribution is -2.28. The topological polar surface area (TPSA) is 120 Å². The molecule has 0 unspecified atom stereocenters. The molecule has 10 nitrogen and oxygen atoms in total. The Morgan fingerprint density at radius 1 is 0.692 bits per heavy atom. The minimum Gasteiger partial charge on any atom is -0.461 e. The van der Waals surface area contributed by atoms with Gasteiger partial charge in [-0.2, -0.15) is 0 Å². The van der Waals surface area contributed by atoms with Gasteiger partial charge in [0, 0.05) is 29.4 Å². The average Bonchev–Trinajstić information content (AvgIpc) is 2.89. The maximum absolute atomic E-state index is 12.6. The van der Waals surface area contributed by atoms with Crippen LogP contribution in [0.15, 0.2) is 36.6 Å². The van der Waals surface area contributed by atoms with Crippen molar-refractivity contribution in [1.82, 2.24) is 9.80 Å². The highest BCUT2D eigenvalue weighted by molar-refractivity contribution is 6.01. The zero-order valence-electron chi connectivity index (χ0n) is 22.9. The quantitative estimate of drug-likeness (QED) is 0.174. The summed E-state index contributed by atoms with van der Waals surface area (Å²) in [6.07, 6.45) is 0. The molecule has 2 heterocycles. The molecular formula is C27H36Cl2N2O8. The zero-order valence-corrected chi connectivity index (χ0v) is 24.5. The molecule has 0 aliphatic rings. The van der Waals surface area contributed by atoms with Crippen LogP contribution in [0.3, 0.4) is 0 Å². The van der Waals surface area contributed by atoms with Gasteiger partial charge in [0.15, 0.2) is 0 Å². The number of carbonyl (C=O) groups excluding carboxylic acids is 2. The molecule has 0 fully saturated rings. The fourth-order valence-corrected chi connectivity index (χ4v) is 4.10. The van der Waals surface area contributed by atoms with Crippen LogP contribution in [-0.4, -0.2) is 74.2 Å². The number of hydrogen-bond acceptors (Lipinski definition) is 10. The molecule has 2 aromatic heterocycles. The van der Waals surface area contributed by atoms with Crippen LogP contribution in [0.2, 0.25) is 0 Å². The lowest BCUT2D eigenvalue weighted by Gasteiger charge is -2.17. The molecule has 0 N–H and O–H groups in total. The summed E-state index contributed by atoms with van der Waals surface area (Å²) < 4.78 is 21.4. The first kappa shape index (κ1) is 34.1. The number of aryl methyl sites for hydroxylation is 1. The van der Waals surface area contributed by atoms with Gasteiger partial charge in [-0.05, 0) is 51.3 Å². The molecular weight excluding hydrogens is 551 g/mol. The summed E-state index contributed by atoms with van der Waals surface area (Å²) in [6.45, 7) is 14.3. The van der Waals surface area contributed by atoms with Crippen LogP contribution in [0, 0.1) is 6.92 Å². The molecule has 0 amide bonds. The Balaban J connectivity index is 0.00000380. The molecule has 0 spiro atoms. The second-order valence-electron chi connectivity index (χ2n) is 8.56. The van der Waals surface area contributed by atoms with Gasteiger partial charge in [-0.3, -0.25) is 0 Å². The van der Waals surface area contributed by atoms with E-state index in [2.05, 4.69) is 9.80 Å². The fourth-order valence-electron chi connectivity index (χ4n) is 4.10. The van der Waals surface area contributed by atoms with Crippen LogP contribution in [0.1, 0.15) is 54.0 Å². The van der Waals surface area contributed by atoms with Gasteiger partial charge in [0.1, 0.15) is 35.5 Å². The minimum absolute atomic E-state index is 0. The Hall–Kier alpha value is -2.92. The Labute approximate surface area is 239 Å². The monoisotopic (exact) mass is 586 g/mol. The van der Waals surface area contributed by atoms with Crippen molar-refractivity contribution in [3.8, 4) is 0 Å². The molecule has 12 heteroatoms. The van der Waals surface area contributed by atoms with Crippen molar-refractivity contribution in [1.29, 1.82) is 0 Å². The van der Waals surface area contributed by atoms with Gasteiger partial charge in [-0.25, -0.2) is 19.2 Å². The number of esters is 2. The van der Waals surface area contributed by atoms with Crippen LogP contribution in [-0.2, 0) is 9.47 Å². The number of rotatable bonds is 12. The Morgan fingerprint density at radius 3 is 1.38 bits per heavy atom. The zero-order chi connectivity index (χ0) is 27.1. The first-order chi connectivity index (χ1) is 17.7. The molecule has 0 saturated heterocycles. The lowest BCUT2D eigenvalue weighted by molar-refractivity contribution is 0.0453. The molecule has 0 radical (unpaired) electrons. The molecule has 3 rings (SSSR count). The number of carbonyl (C=O) groups is 2. The van der Waals surface area contributed by atoms with E-state index >= 15 is 0 Å². The van der Waals surface area contributed by atoms with Gasteiger partial charge in [0.2, 0.25) is 0 Å². The number of halogens is 2. The summed E-state index contributed by atoms with van der Waals surface area (Å²) in [5.41, 5.74) is -1.43. The van der Waals surface area contributed by atoms with Crippen LogP contribution in [0.5, 0.6) is 0 Å². The van der Waals surface area contributed by atoms with E-state index < -0.39 is 23.2 Å². The van der Waals surface area contributed by atoms with E-state index in [1.54, 1.807) is 13.0 Å². The average molecular weight is 587 g/mol. The molecule has 1 aromatic carbocycles. The largest absolute Gasteiger partial charge is 0.461 e. The molecule has 0 saturated carbocycles. The number of ether oxygens (including phenoxy) is 2. The van der Waals surface area contributed by atoms with E-state index in [1.807, 2.05) is 27.7 Å². The standard InChI is InChI=1S/C27H34N2O8.2ClH/c1-6-28(7-2)10-12-34-24(30)20-15-18-14-19-16-21(25(31)35-13-11-29(8-3)9-4)27(33)37-23(19)17(5)22(18)36-26(20)32;;/h14-16H,6-13H2,1-5H3;2*1H. The summed E-state index contributed by atoms with van der Waals surface area (Å²) in [5.74, 6) is -1.56. The predicted molar refractivity (Wildman–Crippen MR) is 154 cm³/mol. The summed E-state index contributed by atoms with van der Waals surface area (Å²) >= 11 is 0. The lowest BCUT2D eigenvalue weighted by atomic mass is 10.0. The maximum atomic E-state index is 12.6. The third-order valence-corrected chi connectivity index (χ3v) is 6.46. The van der Waals surface area contributed by atoms with Crippen molar-refractivity contribution in [2.45, 2.75) is 34.6 Å². The molecule has 39 heavy (non-hydrogen) atoms. The maximum Gasteiger partial charge on any atom is 0.351 e. The molecule has 3 aromatic rings. The number of likely N-dealkylation sites (N-methyl/N-ethyl adjacent to an activating group) is 2. The second kappa shape index (κ2) is 15.6. The Kier molecular flexibility index (Phi) is 13.7. The number of fused-ring (bicyclic) bond motifs is 2. The molecule has 0 aliphatic heterocycles. The van der Waals surface area contributed by atoms with Crippen molar-refractivity contribution in [3.63, 3.8) is 0 Å². The van der Waals surface area contributed by atoms with E-state index in [9.17, 15) is 19.2 Å². The van der Waals surface area contributed by atoms with Gasteiger partial charge >= 0.3 is 23.2 Å². The highest BCUT2D eigenvalue weighted by atomic mass is 35.5. The summed E-state index contributed by atoms with van der Waals surface area (Å²) in [7, 11) is 0. The van der Waals surface area contributed by atoms with E-state index in [0.29, 0.717) is 29.4 Å². The van der Waals surface area contributed by atoms with Crippen LogP contribution in [0.25, 0.3) is 21.9 Å². The van der Waals surface area contributed by atoms with Crippen molar-refractivity contribution >= 4 is 58.7 Å². The van der Waals surface area contributed by atoms with Gasteiger partial charge in [-0.1, -0.05) is 27.7 Å². The smallest absolute Gasteiger partial charge is 0.351 e. The van der Waals surface area contributed by atoms with Gasteiger partial charge in [0.25, 0.3) is 0 Å². The van der Waals surface area contributed by atoms with Crippen molar-refractivity contribution in [2.24, 2.45) is 0 Å². The number of benzene rings is 1. The first-order valence-electron chi connectivity index (χ1n) is 12.6. The Morgan fingerprint density at radius 2 is 1.05 bits per heavy atom. The van der Waals surface area contributed by atoms with Crippen molar-refractivity contribution < 1.29 is 27.9 Å². The first-order valence-corrected chi connectivity index (χ1v) is 12.6. The third kappa shape index (κ3) is 8.04. The number of hydrogen-bond donors (Lipinski definition) is 0. The van der Waals surface area contributed by atoms with E-state index in [4.69, 9.17) is 18.3 Å². The third-order valence-electron chi connectivity index (χ3n) is 6.46. The molecule has 0 aliphatic carbocycles. The highest BCUT2D eigenvalue weighted by Crippen LogP contribution is 2.27. The fraction of sp³-hybridized carbons (Fsp3) is 0.481. The van der Waals surface area contributed by atoms with Gasteiger partial charge < -0.3 is 28.1 Å². The minimum atomic E-state index is -0.849. The summed E-state index contributed by atoms with van der Waals surface area (Å²) in [4.78, 5) is 54.4. The van der Waals surface area contributed by atoms with Gasteiger partial charge in [0.05, 0.1) is 0 Å². The predicted octanol–water partition coefficient (Wildman–Crippen LogP) is 4.05. The highest BCUT2D eigenvalue weighted by Gasteiger charge is 2.21. The number of nitrogens with zero attached hydrogens (tertiary/aromatic N) is 2. The van der Waals surface area contributed by atoms with Crippen LogP contribution < -0.4 is 11.3 Å². The van der Waals surface area contributed by atoms with Crippen LogP contribution >= 0.6 is 24.8 Å². The van der Waals surface area contributed by atoms with E-state index in [-0.39, 0.29) is 60.3 Å². The van der Waals surface area contributed by atoms with E-state index in [0.717, 1.165) is 26.2 Å². The second-order valence-corrected chi connectivity index (χ2v) is 8.56. The van der Waals surface area contributed by atoms with Crippen molar-refractivity contribution in [2.75, 3.05) is 52.5 Å². The molecule has 0 atom stereocenters. The van der Waals surface area contributed by atoms with Crippen molar-refractivity contribution in [3.05, 3.63) is 55.7 Å². The SMILES string of the molecule is CCN(CC)CCOC(=O)c1cc2cc3cc(C(=O)OCCN(CC)CC)c(=O)oc3c(C)c2oc1=O.Cl.Cl. The molecule has 216 valence electrons. The summed E-state index contributed by atoms with van der Waals surface area (Å²) in [6, 6.07) is 4.37. The van der Waals surface area contributed by atoms with Crippen LogP contribution in [0.4, 0.5) is 0 Å².